The fourth-order valence-corrected chi connectivity index (χ4v) is 2.19. The van der Waals surface area contributed by atoms with Gasteiger partial charge in [-0.05, 0) is 37.1 Å². The average Bonchev–Trinajstić information content (AvgIpc) is 2.68. The van der Waals surface area contributed by atoms with Gasteiger partial charge >= 0.3 is 0 Å². The van der Waals surface area contributed by atoms with Crippen molar-refractivity contribution in [1.82, 2.24) is 0 Å². The largest absolute Gasteiger partial charge is 0.469 e. The molecule has 0 amide bonds. The highest BCUT2D eigenvalue weighted by Crippen LogP contribution is 2.28. The standard InChI is InChI=1S/C13H12Cl2O/c1-9-12(6-7-16-9)13(15)8-10-2-4-11(14)5-3-10/h2-7,13H,8H2,1H3. The summed E-state index contributed by atoms with van der Waals surface area (Å²) in [6.45, 7) is 1.92. The van der Waals surface area contributed by atoms with E-state index in [4.69, 9.17) is 27.6 Å². The molecule has 1 nitrogen and oxygen atoms in total. The molecule has 16 heavy (non-hydrogen) atoms. The molecule has 1 unspecified atom stereocenters. The minimum absolute atomic E-state index is 0.0556. The molecule has 2 aromatic rings. The van der Waals surface area contributed by atoms with Gasteiger partial charge in [-0.2, -0.15) is 0 Å². The van der Waals surface area contributed by atoms with Crippen LogP contribution in [0.5, 0.6) is 0 Å². The van der Waals surface area contributed by atoms with Gasteiger partial charge in [0.15, 0.2) is 0 Å². The molecule has 1 atom stereocenters. The van der Waals surface area contributed by atoms with Gasteiger partial charge in [-0.15, -0.1) is 11.6 Å². The molecule has 3 heteroatoms. The Hall–Kier alpha value is -0.920. The van der Waals surface area contributed by atoms with Crippen LogP contribution in [0.25, 0.3) is 0 Å². The summed E-state index contributed by atoms with van der Waals surface area (Å²) in [6, 6.07) is 9.66. The van der Waals surface area contributed by atoms with Crippen LogP contribution < -0.4 is 0 Å². The van der Waals surface area contributed by atoms with Crippen LogP contribution in [0.2, 0.25) is 5.02 Å². The minimum Gasteiger partial charge on any atom is -0.469 e. The van der Waals surface area contributed by atoms with Crippen molar-refractivity contribution in [2.24, 2.45) is 0 Å². The first kappa shape index (κ1) is 11.6. The number of hydrogen-bond donors (Lipinski definition) is 0. The lowest BCUT2D eigenvalue weighted by atomic mass is 10.0. The third-order valence-corrected chi connectivity index (χ3v) is 3.21. The minimum atomic E-state index is -0.0556. The topological polar surface area (TPSA) is 13.1 Å². The second kappa shape index (κ2) is 4.94. The van der Waals surface area contributed by atoms with Gasteiger partial charge < -0.3 is 4.42 Å². The molecule has 0 aliphatic carbocycles. The number of furan rings is 1. The van der Waals surface area contributed by atoms with Crippen LogP contribution in [0, 0.1) is 6.92 Å². The molecular weight excluding hydrogens is 243 g/mol. The van der Waals surface area contributed by atoms with Crippen LogP contribution in [0.4, 0.5) is 0 Å². The Balaban J connectivity index is 2.10. The SMILES string of the molecule is Cc1occc1C(Cl)Cc1ccc(Cl)cc1. The molecule has 0 saturated heterocycles. The maximum atomic E-state index is 6.33. The van der Waals surface area contributed by atoms with Crippen molar-refractivity contribution in [3.63, 3.8) is 0 Å². The van der Waals surface area contributed by atoms with E-state index in [2.05, 4.69) is 0 Å². The van der Waals surface area contributed by atoms with Gasteiger partial charge in [-0.3, -0.25) is 0 Å². The summed E-state index contributed by atoms with van der Waals surface area (Å²) in [4.78, 5) is 0. The lowest BCUT2D eigenvalue weighted by Crippen LogP contribution is -1.95. The molecule has 0 aliphatic rings. The maximum absolute atomic E-state index is 6.33. The van der Waals surface area contributed by atoms with E-state index in [1.54, 1.807) is 6.26 Å². The van der Waals surface area contributed by atoms with Crippen LogP contribution in [0.3, 0.4) is 0 Å². The summed E-state index contributed by atoms with van der Waals surface area (Å²) >= 11 is 12.2. The number of hydrogen-bond acceptors (Lipinski definition) is 1. The third kappa shape index (κ3) is 2.60. The van der Waals surface area contributed by atoms with Gasteiger partial charge in [0.2, 0.25) is 0 Å². The highest BCUT2D eigenvalue weighted by Gasteiger charge is 2.13. The van der Waals surface area contributed by atoms with Gasteiger partial charge in [0, 0.05) is 10.6 Å². The van der Waals surface area contributed by atoms with E-state index in [-0.39, 0.29) is 5.38 Å². The molecule has 0 radical (unpaired) electrons. The molecule has 1 aromatic heterocycles. The predicted octanol–water partition coefficient (Wildman–Crippen LogP) is 4.76. The summed E-state index contributed by atoms with van der Waals surface area (Å²) in [5, 5.41) is 0.689. The number of aryl methyl sites for hydroxylation is 1. The summed E-state index contributed by atoms with van der Waals surface area (Å²) in [5.74, 6) is 0.883. The molecule has 1 aromatic carbocycles. The molecule has 0 bridgehead atoms. The first-order valence-electron chi connectivity index (χ1n) is 5.09. The van der Waals surface area contributed by atoms with E-state index in [9.17, 15) is 0 Å². The van der Waals surface area contributed by atoms with Crippen LogP contribution in [-0.4, -0.2) is 0 Å². The molecule has 84 valence electrons. The molecule has 0 fully saturated rings. The Bertz CT molecular complexity index is 459. The fraction of sp³-hybridized carbons (Fsp3) is 0.231. The fourth-order valence-electron chi connectivity index (χ4n) is 1.66. The summed E-state index contributed by atoms with van der Waals surface area (Å²) in [6.07, 6.45) is 2.45. The van der Waals surface area contributed by atoms with Crippen LogP contribution >= 0.6 is 23.2 Å². The second-order valence-electron chi connectivity index (χ2n) is 3.73. The van der Waals surface area contributed by atoms with Crippen molar-refractivity contribution < 1.29 is 4.42 Å². The molecule has 1 heterocycles. The Morgan fingerprint density at radius 2 is 1.88 bits per heavy atom. The second-order valence-corrected chi connectivity index (χ2v) is 4.69. The zero-order chi connectivity index (χ0) is 11.5. The monoisotopic (exact) mass is 254 g/mol. The number of halogens is 2. The van der Waals surface area contributed by atoms with Gasteiger partial charge in [0.1, 0.15) is 5.76 Å². The van der Waals surface area contributed by atoms with Crippen molar-refractivity contribution in [1.29, 1.82) is 0 Å². The number of rotatable bonds is 3. The first-order chi connectivity index (χ1) is 7.66. The van der Waals surface area contributed by atoms with Gasteiger partial charge in [0.05, 0.1) is 11.6 Å². The number of alkyl halides is 1. The van der Waals surface area contributed by atoms with E-state index in [1.165, 1.54) is 5.56 Å². The number of benzene rings is 1. The smallest absolute Gasteiger partial charge is 0.105 e. The molecule has 0 saturated carbocycles. The zero-order valence-corrected chi connectivity index (χ0v) is 10.4. The van der Waals surface area contributed by atoms with E-state index in [0.29, 0.717) is 0 Å². The van der Waals surface area contributed by atoms with Crippen molar-refractivity contribution >= 4 is 23.2 Å². The Morgan fingerprint density at radius 1 is 1.19 bits per heavy atom. The van der Waals surface area contributed by atoms with Gasteiger partial charge in [0.25, 0.3) is 0 Å². The summed E-state index contributed by atoms with van der Waals surface area (Å²) in [5.41, 5.74) is 2.22. The Labute approximate surface area is 105 Å². The Kier molecular flexibility index (Phi) is 3.57. The van der Waals surface area contributed by atoms with E-state index >= 15 is 0 Å². The molecule has 0 aliphatic heterocycles. The van der Waals surface area contributed by atoms with E-state index in [1.807, 2.05) is 37.3 Å². The lowest BCUT2D eigenvalue weighted by molar-refractivity contribution is 0.529. The Morgan fingerprint density at radius 3 is 2.44 bits per heavy atom. The summed E-state index contributed by atoms with van der Waals surface area (Å²) in [7, 11) is 0. The van der Waals surface area contributed by atoms with Crippen molar-refractivity contribution in [2.45, 2.75) is 18.7 Å². The van der Waals surface area contributed by atoms with E-state index in [0.717, 1.165) is 22.8 Å². The van der Waals surface area contributed by atoms with E-state index < -0.39 is 0 Å². The maximum Gasteiger partial charge on any atom is 0.105 e. The highest BCUT2D eigenvalue weighted by molar-refractivity contribution is 6.30. The van der Waals surface area contributed by atoms with Crippen molar-refractivity contribution in [3.8, 4) is 0 Å². The predicted molar refractivity (Wildman–Crippen MR) is 67.2 cm³/mol. The molecule has 2 rings (SSSR count). The molecule has 0 N–H and O–H groups in total. The van der Waals surface area contributed by atoms with Crippen LogP contribution in [-0.2, 0) is 6.42 Å². The third-order valence-electron chi connectivity index (χ3n) is 2.56. The average molecular weight is 255 g/mol. The lowest BCUT2D eigenvalue weighted by Gasteiger charge is -2.08. The highest BCUT2D eigenvalue weighted by atomic mass is 35.5. The zero-order valence-electron chi connectivity index (χ0n) is 8.91. The summed E-state index contributed by atoms with van der Waals surface area (Å²) < 4.78 is 5.24. The van der Waals surface area contributed by atoms with Crippen LogP contribution in [0.1, 0.15) is 22.3 Å². The molecular formula is C13H12Cl2O. The van der Waals surface area contributed by atoms with Crippen molar-refractivity contribution in [2.75, 3.05) is 0 Å². The van der Waals surface area contributed by atoms with Gasteiger partial charge in [-0.25, -0.2) is 0 Å². The quantitative estimate of drug-likeness (QED) is 0.720. The molecule has 0 spiro atoms. The normalized spacial score (nSPS) is 12.7. The van der Waals surface area contributed by atoms with Crippen LogP contribution in [0.15, 0.2) is 41.0 Å². The van der Waals surface area contributed by atoms with Crippen molar-refractivity contribution in [3.05, 3.63) is 58.5 Å². The van der Waals surface area contributed by atoms with Gasteiger partial charge in [-0.1, -0.05) is 23.7 Å². The first-order valence-corrected chi connectivity index (χ1v) is 5.91.